The second kappa shape index (κ2) is 4.72. The molecule has 1 aromatic rings. The van der Waals surface area contributed by atoms with Crippen LogP contribution in [0.4, 0.5) is 5.13 Å². The summed E-state index contributed by atoms with van der Waals surface area (Å²) in [5.41, 5.74) is 0. The molecule has 2 heterocycles. The molecule has 15 heavy (non-hydrogen) atoms. The van der Waals surface area contributed by atoms with Gasteiger partial charge in [-0.3, -0.25) is 0 Å². The van der Waals surface area contributed by atoms with E-state index in [2.05, 4.69) is 16.9 Å². The van der Waals surface area contributed by atoms with E-state index in [0.29, 0.717) is 6.04 Å². The molecule has 0 saturated carbocycles. The van der Waals surface area contributed by atoms with Gasteiger partial charge in [-0.15, -0.1) is 0 Å². The fourth-order valence-corrected chi connectivity index (χ4v) is 3.77. The van der Waals surface area contributed by atoms with E-state index < -0.39 is 6.10 Å². The summed E-state index contributed by atoms with van der Waals surface area (Å²) in [5, 5.41) is 10.5. The summed E-state index contributed by atoms with van der Waals surface area (Å²) >= 11 is 3.60. The highest BCUT2D eigenvalue weighted by molar-refractivity contribution is 7.99. The molecule has 1 aliphatic heterocycles. The molecule has 2 unspecified atom stereocenters. The number of aliphatic hydroxyl groups is 1. The molecule has 0 bridgehead atoms. The van der Waals surface area contributed by atoms with Crippen LogP contribution in [0.5, 0.6) is 0 Å². The molecule has 0 aliphatic carbocycles. The monoisotopic (exact) mass is 244 g/mol. The number of aliphatic hydroxyl groups excluding tert-OH is 1. The predicted octanol–water partition coefficient (Wildman–Crippen LogP) is 2.14. The Labute approximate surface area is 98.5 Å². The van der Waals surface area contributed by atoms with Crippen LogP contribution in [-0.4, -0.2) is 34.7 Å². The Kier molecular flexibility index (Phi) is 3.53. The van der Waals surface area contributed by atoms with Crippen LogP contribution >= 0.6 is 23.1 Å². The molecule has 2 atom stereocenters. The van der Waals surface area contributed by atoms with E-state index in [-0.39, 0.29) is 0 Å². The van der Waals surface area contributed by atoms with Gasteiger partial charge in [0.1, 0.15) is 0 Å². The first-order chi connectivity index (χ1) is 7.18. The lowest BCUT2D eigenvalue weighted by atomic mass is 10.2. The van der Waals surface area contributed by atoms with Gasteiger partial charge in [0, 0.05) is 25.0 Å². The molecule has 0 spiro atoms. The Hall–Kier alpha value is -0.260. The molecule has 1 aliphatic rings. The topological polar surface area (TPSA) is 36.4 Å². The molecule has 84 valence electrons. The van der Waals surface area contributed by atoms with Crippen molar-refractivity contribution in [3.8, 4) is 0 Å². The average molecular weight is 244 g/mol. The third-order valence-electron chi connectivity index (χ3n) is 2.68. The van der Waals surface area contributed by atoms with Crippen LogP contribution in [0, 0.1) is 0 Å². The summed E-state index contributed by atoms with van der Waals surface area (Å²) in [6.45, 7) is 1.78. The normalized spacial score (nSPS) is 23.0. The quantitative estimate of drug-likeness (QED) is 0.884. The smallest absolute Gasteiger partial charge is 0.185 e. The van der Waals surface area contributed by atoms with E-state index in [4.69, 9.17) is 0 Å². The molecule has 3 nitrogen and oxygen atoms in total. The fourth-order valence-electron chi connectivity index (χ4n) is 1.62. The second-order valence-electron chi connectivity index (χ2n) is 3.85. The van der Waals surface area contributed by atoms with Gasteiger partial charge in [0.15, 0.2) is 5.13 Å². The molecule has 0 aromatic carbocycles. The highest BCUT2D eigenvalue weighted by atomic mass is 32.2. The first-order valence-corrected chi connectivity index (χ1v) is 7.10. The number of thiazole rings is 1. The zero-order valence-electron chi connectivity index (χ0n) is 9.01. The number of thioether (sulfide) groups is 1. The van der Waals surface area contributed by atoms with Gasteiger partial charge in [0.2, 0.25) is 0 Å². The van der Waals surface area contributed by atoms with Crippen molar-refractivity contribution in [3.63, 3.8) is 0 Å². The Morgan fingerprint density at radius 2 is 2.47 bits per heavy atom. The minimum Gasteiger partial charge on any atom is -0.388 e. The first-order valence-electron chi connectivity index (χ1n) is 5.13. The second-order valence-corrected chi connectivity index (χ2v) is 6.04. The molecule has 1 N–H and O–H groups in total. The predicted molar refractivity (Wildman–Crippen MR) is 66.9 cm³/mol. The van der Waals surface area contributed by atoms with Gasteiger partial charge < -0.3 is 10.0 Å². The van der Waals surface area contributed by atoms with Gasteiger partial charge in [-0.25, -0.2) is 4.98 Å². The number of hydrogen-bond donors (Lipinski definition) is 1. The lowest BCUT2D eigenvalue weighted by Crippen LogP contribution is -2.30. The van der Waals surface area contributed by atoms with Crippen LogP contribution in [-0.2, 0) is 0 Å². The number of hydrogen-bond acceptors (Lipinski definition) is 5. The summed E-state index contributed by atoms with van der Waals surface area (Å²) in [6, 6.07) is 0.614. The molecule has 5 heteroatoms. The Morgan fingerprint density at radius 1 is 1.67 bits per heavy atom. The third kappa shape index (κ3) is 2.46. The average Bonchev–Trinajstić information content (AvgIpc) is 2.88. The molecule has 2 rings (SSSR count). The van der Waals surface area contributed by atoms with Gasteiger partial charge in [0.25, 0.3) is 0 Å². The van der Waals surface area contributed by atoms with E-state index in [9.17, 15) is 5.11 Å². The molecular weight excluding hydrogens is 228 g/mol. The van der Waals surface area contributed by atoms with Crippen molar-refractivity contribution in [1.29, 1.82) is 0 Å². The molecule has 0 amide bonds. The number of rotatable bonds is 3. The van der Waals surface area contributed by atoms with E-state index in [0.717, 1.165) is 10.0 Å². The highest BCUT2D eigenvalue weighted by Gasteiger charge is 2.22. The fraction of sp³-hybridized carbons (Fsp3) is 0.700. The van der Waals surface area contributed by atoms with Crippen molar-refractivity contribution < 1.29 is 5.11 Å². The molecule has 1 saturated heterocycles. The number of anilines is 1. The number of nitrogens with zero attached hydrogens (tertiary/aromatic N) is 2. The SMILES string of the molecule is CC(O)c1cnc(N(C)C2CCSC2)s1. The highest BCUT2D eigenvalue weighted by Crippen LogP contribution is 2.30. The van der Waals surface area contributed by atoms with Crippen LogP contribution in [0.1, 0.15) is 24.3 Å². The maximum atomic E-state index is 9.43. The molecule has 0 radical (unpaired) electrons. The minimum atomic E-state index is -0.400. The first kappa shape index (κ1) is 11.2. The van der Waals surface area contributed by atoms with Crippen LogP contribution in [0.2, 0.25) is 0 Å². The zero-order valence-corrected chi connectivity index (χ0v) is 10.6. The van der Waals surface area contributed by atoms with Crippen molar-refractivity contribution >= 4 is 28.2 Å². The zero-order chi connectivity index (χ0) is 10.8. The van der Waals surface area contributed by atoms with Gasteiger partial charge in [-0.1, -0.05) is 11.3 Å². The standard InChI is InChI=1S/C10H16N2OS2/c1-7(13)9-5-11-10(15-9)12(2)8-3-4-14-6-8/h5,7-8,13H,3-4,6H2,1-2H3. The summed E-state index contributed by atoms with van der Waals surface area (Å²) in [7, 11) is 2.10. The molecule has 1 fully saturated rings. The van der Waals surface area contributed by atoms with Gasteiger partial charge in [-0.2, -0.15) is 11.8 Å². The summed E-state index contributed by atoms with van der Waals surface area (Å²) < 4.78 is 0. The van der Waals surface area contributed by atoms with Crippen molar-refractivity contribution in [2.75, 3.05) is 23.5 Å². The maximum absolute atomic E-state index is 9.43. The minimum absolute atomic E-state index is 0.400. The lowest BCUT2D eigenvalue weighted by Gasteiger charge is -2.22. The molecular formula is C10H16N2OS2. The maximum Gasteiger partial charge on any atom is 0.185 e. The molecule has 1 aromatic heterocycles. The van der Waals surface area contributed by atoms with Crippen molar-refractivity contribution in [3.05, 3.63) is 11.1 Å². The Morgan fingerprint density at radius 3 is 3.00 bits per heavy atom. The Balaban J connectivity index is 2.07. The van der Waals surface area contributed by atoms with Crippen molar-refractivity contribution in [2.45, 2.75) is 25.5 Å². The Bertz CT molecular complexity index is 321. The van der Waals surface area contributed by atoms with Gasteiger partial charge in [0.05, 0.1) is 11.0 Å². The van der Waals surface area contributed by atoms with Crippen molar-refractivity contribution in [1.82, 2.24) is 4.98 Å². The van der Waals surface area contributed by atoms with E-state index in [1.807, 2.05) is 11.8 Å². The number of aromatic nitrogens is 1. The summed E-state index contributed by atoms with van der Waals surface area (Å²) in [4.78, 5) is 7.55. The van der Waals surface area contributed by atoms with Crippen LogP contribution < -0.4 is 4.90 Å². The van der Waals surface area contributed by atoms with Gasteiger partial charge in [-0.05, 0) is 19.1 Å². The summed E-state index contributed by atoms with van der Waals surface area (Å²) in [6.07, 6.45) is 2.62. The van der Waals surface area contributed by atoms with Gasteiger partial charge >= 0.3 is 0 Å². The van der Waals surface area contributed by atoms with E-state index in [1.54, 1.807) is 24.5 Å². The van der Waals surface area contributed by atoms with Crippen LogP contribution in [0.15, 0.2) is 6.20 Å². The van der Waals surface area contributed by atoms with E-state index >= 15 is 0 Å². The van der Waals surface area contributed by atoms with E-state index in [1.165, 1.54) is 17.9 Å². The third-order valence-corrected chi connectivity index (χ3v) is 5.08. The largest absolute Gasteiger partial charge is 0.388 e. The lowest BCUT2D eigenvalue weighted by molar-refractivity contribution is 0.203. The van der Waals surface area contributed by atoms with Crippen LogP contribution in [0.3, 0.4) is 0 Å². The van der Waals surface area contributed by atoms with Crippen molar-refractivity contribution in [2.24, 2.45) is 0 Å². The van der Waals surface area contributed by atoms with Crippen LogP contribution in [0.25, 0.3) is 0 Å². The summed E-state index contributed by atoms with van der Waals surface area (Å²) in [5.74, 6) is 2.45.